The van der Waals surface area contributed by atoms with Crippen LogP contribution in [0.25, 0.3) is 0 Å². The SMILES string of the molecule is CC(C)CCCCCCNC(=S)SCCCCCCC(C)C. The van der Waals surface area contributed by atoms with Gasteiger partial charge in [0.2, 0.25) is 0 Å². The van der Waals surface area contributed by atoms with Gasteiger partial charge >= 0.3 is 0 Å². The molecule has 132 valence electrons. The van der Waals surface area contributed by atoms with Gasteiger partial charge in [-0.15, -0.1) is 0 Å². The fraction of sp³-hybridized carbons (Fsp3) is 0.947. The van der Waals surface area contributed by atoms with Gasteiger partial charge in [-0.3, -0.25) is 0 Å². The molecule has 0 spiro atoms. The van der Waals surface area contributed by atoms with Crippen LogP contribution in [0.4, 0.5) is 0 Å². The van der Waals surface area contributed by atoms with Gasteiger partial charge in [-0.1, -0.05) is 103 Å². The van der Waals surface area contributed by atoms with Crippen molar-refractivity contribution in [2.24, 2.45) is 11.8 Å². The smallest absolute Gasteiger partial charge is 0.133 e. The number of thioether (sulfide) groups is 1. The van der Waals surface area contributed by atoms with E-state index in [1.165, 1.54) is 70.0 Å². The van der Waals surface area contributed by atoms with Crippen molar-refractivity contribution in [3.8, 4) is 0 Å². The zero-order valence-electron chi connectivity index (χ0n) is 15.5. The summed E-state index contributed by atoms with van der Waals surface area (Å²) in [4.78, 5) is 0. The Morgan fingerprint density at radius 1 is 0.773 bits per heavy atom. The average Bonchev–Trinajstić information content (AvgIpc) is 2.44. The molecule has 0 aliphatic rings. The van der Waals surface area contributed by atoms with E-state index in [2.05, 4.69) is 33.0 Å². The molecule has 0 unspecified atom stereocenters. The quantitative estimate of drug-likeness (QED) is 0.274. The van der Waals surface area contributed by atoms with E-state index in [4.69, 9.17) is 12.2 Å². The highest BCUT2D eigenvalue weighted by Crippen LogP contribution is 2.13. The maximum Gasteiger partial charge on any atom is 0.133 e. The van der Waals surface area contributed by atoms with Crippen LogP contribution in [0.3, 0.4) is 0 Å². The molecule has 0 aromatic heterocycles. The van der Waals surface area contributed by atoms with Crippen molar-refractivity contribution in [2.45, 2.75) is 91.9 Å². The predicted molar refractivity (Wildman–Crippen MR) is 109 cm³/mol. The molecule has 22 heavy (non-hydrogen) atoms. The minimum absolute atomic E-state index is 0.854. The second-order valence-corrected chi connectivity index (χ2v) is 9.03. The van der Waals surface area contributed by atoms with E-state index in [0.717, 1.165) is 22.7 Å². The van der Waals surface area contributed by atoms with E-state index in [0.29, 0.717) is 0 Å². The molecule has 1 N–H and O–H groups in total. The van der Waals surface area contributed by atoms with Crippen LogP contribution in [0.1, 0.15) is 91.9 Å². The van der Waals surface area contributed by atoms with Gasteiger partial charge in [0.25, 0.3) is 0 Å². The van der Waals surface area contributed by atoms with Crippen LogP contribution in [0, 0.1) is 11.8 Å². The Bertz CT molecular complexity index is 228. The number of unbranched alkanes of at least 4 members (excludes halogenated alkanes) is 6. The summed E-state index contributed by atoms with van der Waals surface area (Å²) in [5, 5.41) is 3.39. The summed E-state index contributed by atoms with van der Waals surface area (Å²) in [6.45, 7) is 10.3. The molecule has 0 atom stereocenters. The molecule has 3 heteroatoms. The van der Waals surface area contributed by atoms with Crippen LogP contribution in [-0.4, -0.2) is 16.6 Å². The van der Waals surface area contributed by atoms with Crippen molar-refractivity contribution in [1.29, 1.82) is 0 Å². The maximum absolute atomic E-state index is 5.38. The van der Waals surface area contributed by atoms with Gasteiger partial charge in [0, 0.05) is 12.3 Å². The molecule has 0 saturated carbocycles. The molecule has 0 amide bonds. The summed E-state index contributed by atoms with van der Waals surface area (Å²) in [5.41, 5.74) is 0. The molecule has 0 aromatic rings. The van der Waals surface area contributed by atoms with Gasteiger partial charge in [0.05, 0.1) is 0 Å². The van der Waals surface area contributed by atoms with Crippen LogP contribution in [0.5, 0.6) is 0 Å². The fourth-order valence-corrected chi connectivity index (χ4v) is 3.54. The standard InChI is InChI=1S/C19H39NS2/c1-17(2)13-9-5-7-11-15-20-19(21)22-16-12-8-6-10-14-18(3)4/h17-18H,5-16H2,1-4H3,(H,20,21). The molecule has 0 rings (SSSR count). The molecule has 0 radical (unpaired) electrons. The van der Waals surface area contributed by atoms with Crippen LogP contribution in [-0.2, 0) is 0 Å². The van der Waals surface area contributed by atoms with Crippen molar-refractivity contribution in [2.75, 3.05) is 12.3 Å². The van der Waals surface area contributed by atoms with Gasteiger partial charge in [0.15, 0.2) is 0 Å². The zero-order valence-corrected chi connectivity index (χ0v) is 17.1. The number of hydrogen-bond donors (Lipinski definition) is 1. The topological polar surface area (TPSA) is 12.0 Å². The molecular weight excluding hydrogens is 306 g/mol. The van der Waals surface area contributed by atoms with Crippen LogP contribution >= 0.6 is 24.0 Å². The minimum Gasteiger partial charge on any atom is -0.371 e. The molecule has 0 saturated heterocycles. The Kier molecular flexibility index (Phi) is 16.3. The van der Waals surface area contributed by atoms with E-state index in [-0.39, 0.29) is 0 Å². The van der Waals surface area contributed by atoms with Crippen molar-refractivity contribution >= 4 is 28.3 Å². The molecular formula is C19H39NS2. The maximum atomic E-state index is 5.38. The highest BCUT2D eigenvalue weighted by atomic mass is 32.2. The lowest BCUT2D eigenvalue weighted by Crippen LogP contribution is -2.19. The molecule has 1 nitrogen and oxygen atoms in total. The van der Waals surface area contributed by atoms with E-state index in [9.17, 15) is 0 Å². The zero-order chi connectivity index (χ0) is 16.6. The van der Waals surface area contributed by atoms with Gasteiger partial charge in [-0.2, -0.15) is 0 Å². The van der Waals surface area contributed by atoms with E-state index in [1.807, 2.05) is 11.8 Å². The molecule has 0 bridgehead atoms. The Labute approximate surface area is 149 Å². The van der Waals surface area contributed by atoms with Gasteiger partial charge in [-0.05, 0) is 24.7 Å². The summed E-state index contributed by atoms with van der Waals surface area (Å²) >= 11 is 7.21. The molecule has 0 aliphatic carbocycles. The first kappa shape index (κ1) is 22.2. The van der Waals surface area contributed by atoms with Gasteiger partial charge in [0.1, 0.15) is 4.32 Å². The van der Waals surface area contributed by atoms with Crippen molar-refractivity contribution < 1.29 is 0 Å². The van der Waals surface area contributed by atoms with Gasteiger partial charge in [-0.25, -0.2) is 0 Å². The molecule has 0 heterocycles. The van der Waals surface area contributed by atoms with Gasteiger partial charge < -0.3 is 5.32 Å². The van der Waals surface area contributed by atoms with Crippen molar-refractivity contribution in [3.63, 3.8) is 0 Å². The lowest BCUT2D eigenvalue weighted by molar-refractivity contribution is 0.519. The Morgan fingerprint density at radius 3 is 1.82 bits per heavy atom. The van der Waals surface area contributed by atoms with E-state index >= 15 is 0 Å². The average molecular weight is 346 g/mol. The first-order valence-electron chi connectivity index (χ1n) is 9.43. The summed E-state index contributed by atoms with van der Waals surface area (Å²) < 4.78 is 1.00. The third-order valence-corrected chi connectivity index (χ3v) is 5.28. The highest BCUT2D eigenvalue weighted by Gasteiger charge is 1.99. The monoisotopic (exact) mass is 345 g/mol. The first-order valence-corrected chi connectivity index (χ1v) is 10.8. The van der Waals surface area contributed by atoms with Crippen LogP contribution in [0.15, 0.2) is 0 Å². The Morgan fingerprint density at radius 2 is 1.27 bits per heavy atom. The number of rotatable bonds is 14. The predicted octanol–water partition coefficient (Wildman–Crippen LogP) is 6.81. The number of nitrogens with one attached hydrogen (secondary N) is 1. The lowest BCUT2D eigenvalue weighted by Gasteiger charge is -2.08. The minimum atomic E-state index is 0.854. The summed E-state index contributed by atoms with van der Waals surface area (Å²) in [6, 6.07) is 0. The normalized spacial score (nSPS) is 11.4. The van der Waals surface area contributed by atoms with Crippen molar-refractivity contribution in [3.05, 3.63) is 0 Å². The number of thiocarbonyl (C=S) groups is 1. The Hall–Kier alpha value is 0.240. The van der Waals surface area contributed by atoms with Crippen LogP contribution < -0.4 is 5.32 Å². The lowest BCUT2D eigenvalue weighted by atomic mass is 10.0. The highest BCUT2D eigenvalue weighted by molar-refractivity contribution is 8.22. The molecule has 0 aliphatic heterocycles. The fourth-order valence-electron chi connectivity index (χ4n) is 2.45. The van der Waals surface area contributed by atoms with Crippen LogP contribution in [0.2, 0.25) is 0 Å². The molecule has 0 aromatic carbocycles. The first-order chi connectivity index (χ1) is 10.5. The third kappa shape index (κ3) is 18.3. The summed E-state index contributed by atoms with van der Waals surface area (Å²) in [6.07, 6.45) is 13.5. The van der Waals surface area contributed by atoms with E-state index in [1.54, 1.807) is 0 Å². The molecule has 0 fully saturated rings. The Balaban J connectivity index is 3.20. The summed E-state index contributed by atoms with van der Waals surface area (Å²) in [5.74, 6) is 2.89. The third-order valence-electron chi connectivity index (χ3n) is 3.89. The number of hydrogen-bond acceptors (Lipinski definition) is 2. The summed E-state index contributed by atoms with van der Waals surface area (Å²) in [7, 11) is 0. The van der Waals surface area contributed by atoms with Crippen molar-refractivity contribution in [1.82, 2.24) is 5.32 Å². The second-order valence-electron chi connectivity index (χ2n) is 7.26. The van der Waals surface area contributed by atoms with E-state index < -0.39 is 0 Å². The second kappa shape index (κ2) is 16.1. The largest absolute Gasteiger partial charge is 0.371 e.